The van der Waals surface area contributed by atoms with Crippen LogP contribution in [0, 0.1) is 0 Å². The van der Waals surface area contributed by atoms with E-state index >= 15 is 0 Å². The topological polar surface area (TPSA) is 59.6 Å². The van der Waals surface area contributed by atoms with Gasteiger partial charge in [0.1, 0.15) is 11.5 Å². The number of anilines is 2. The smallest absolute Gasteiger partial charge is 0.243 e. The van der Waals surface area contributed by atoms with E-state index in [1.54, 1.807) is 12.1 Å². The standard InChI is InChI=1S/C16H16BrClN2O3/c1-22-14-8-13(15(23-2)7-11(14)18)19-9-16(21)20-12-6-4-3-5-10(12)17/h3-8,19H,9H2,1-2H3,(H,20,21). The van der Waals surface area contributed by atoms with Crippen LogP contribution in [-0.2, 0) is 4.79 Å². The number of methoxy groups -OCH3 is 2. The van der Waals surface area contributed by atoms with E-state index in [9.17, 15) is 4.79 Å². The van der Waals surface area contributed by atoms with Crippen LogP contribution in [0.4, 0.5) is 11.4 Å². The monoisotopic (exact) mass is 398 g/mol. The first-order chi connectivity index (χ1) is 11.0. The highest BCUT2D eigenvalue weighted by molar-refractivity contribution is 9.10. The van der Waals surface area contributed by atoms with E-state index in [0.717, 1.165) is 4.47 Å². The maximum Gasteiger partial charge on any atom is 0.243 e. The van der Waals surface area contributed by atoms with Crippen molar-refractivity contribution in [3.63, 3.8) is 0 Å². The summed E-state index contributed by atoms with van der Waals surface area (Å²) in [7, 11) is 3.06. The van der Waals surface area contributed by atoms with E-state index in [4.69, 9.17) is 21.1 Å². The summed E-state index contributed by atoms with van der Waals surface area (Å²) < 4.78 is 11.2. The largest absolute Gasteiger partial charge is 0.495 e. The zero-order chi connectivity index (χ0) is 16.8. The highest BCUT2D eigenvalue weighted by Crippen LogP contribution is 2.35. The molecule has 2 aromatic carbocycles. The van der Waals surface area contributed by atoms with Crippen molar-refractivity contribution in [1.29, 1.82) is 0 Å². The second kappa shape index (κ2) is 8.08. The number of hydrogen-bond donors (Lipinski definition) is 2. The van der Waals surface area contributed by atoms with E-state index in [2.05, 4.69) is 26.6 Å². The summed E-state index contributed by atoms with van der Waals surface area (Å²) in [6, 6.07) is 10.7. The number of hydrogen-bond acceptors (Lipinski definition) is 4. The summed E-state index contributed by atoms with van der Waals surface area (Å²) in [5.74, 6) is 0.846. The zero-order valence-corrected chi connectivity index (χ0v) is 15.0. The van der Waals surface area contributed by atoms with Gasteiger partial charge >= 0.3 is 0 Å². The van der Waals surface area contributed by atoms with Crippen LogP contribution in [0.3, 0.4) is 0 Å². The van der Waals surface area contributed by atoms with Crippen molar-refractivity contribution in [3.8, 4) is 11.5 Å². The predicted molar refractivity (Wildman–Crippen MR) is 95.8 cm³/mol. The molecule has 0 radical (unpaired) electrons. The lowest BCUT2D eigenvalue weighted by atomic mass is 10.2. The van der Waals surface area contributed by atoms with Crippen molar-refractivity contribution in [2.75, 3.05) is 31.4 Å². The van der Waals surface area contributed by atoms with Gasteiger partial charge in [-0.2, -0.15) is 0 Å². The van der Waals surface area contributed by atoms with E-state index in [-0.39, 0.29) is 12.5 Å². The van der Waals surface area contributed by atoms with Crippen molar-refractivity contribution < 1.29 is 14.3 Å². The first-order valence-electron chi connectivity index (χ1n) is 6.75. The summed E-state index contributed by atoms with van der Waals surface area (Å²) in [4.78, 5) is 12.1. The third-order valence-electron chi connectivity index (χ3n) is 3.06. The lowest BCUT2D eigenvalue weighted by Gasteiger charge is -2.14. The van der Waals surface area contributed by atoms with E-state index in [1.165, 1.54) is 14.2 Å². The van der Waals surface area contributed by atoms with Crippen LogP contribution in [0.2, 0.25) is 5.02 Å². The first-order valence-corrected chi connectivity index (χ1v) is 7.92. The SMILES string of the molecule is COc1cc(NCC(=O)Nc2ccccc2Br)c(OC)cc1Cl. The maximum atomic E-state index is 12.1. The normalized spacial score (nSPS) is 10.1. The predicted octanol–water partition coefficient (Wildman–Crippen LogP) is 4.17. The number of benzene rings is 2. The Morgan fingerprint density at radius 2 is 1.83 bits per heavy atom. The molecule has 5 nitrogen and oxygen atoms in total. The molecule has 0 spiro atoms. The Morgan fingerprint density at radius 1 is 1.13 bits per heavy atom. The van der Waals surface area contributed by atoms with E-state index < -0.39 is 0 Å². The maximum absolute atomic E-state index is 12.1. The van der Waals surface area contributed by atoms with Gasteiger partial charge in [0, 0.05) is 16.6 Å². The molecule has 1 amide bonds. The Hall–Kier alpha value is -1.92. The molecule has 0 aromatic heterocycles. The van der Waals surface area contributed by atoms with Gasteiger partial charge in [0.25, 0.3) is 0 Å². The van der Waals surface area contributed by atoms with Crippen molar-refractivity contribution >= 4 is 44.8 Å². The summed E-state index contributed by atoms with van der Waals surface area (Å²) in [6.07, 6.45) is 0. The Balaban J connectivity index is 2.05. The summed E-state index contributed by atoms with van der Waals surface area (Å²) in [5, 5.41) is 6.26. The van der Waals surface area contributed by atoms with Gasteiger partial charge in [-0.15, -0.1) is 0 Å². The van der Waals surface area contributed by atoms with Crippen LogP contribution in [0.25, 0.3) is 0 Å². The van der Waals surface area contributed by atoms with Crippen LogP contribution in [0.15, 0.2) is 40.9 Å². The fourth-order valence-electron chi connectivity index (χ4n) is 1.93. The molecule has 0 fully saturated rings. The van der Waals surface area contributed by atoms with Crippen molar-refractivity contribution in [3.05, 3.63) is 45.9 Å². The van der Waals surface area contributed by atoms with Crippen LogP contribution in [-0.4, -0.2) is 26.7 Å². The first kappa shape index (κ1) is 17.4. The number of para-hydroxylation sites is 1. The third-order valence-corrected chi connectivity index (χ3v) is 4.05. The van der Waals surface area contributed by atoms with E-state index in [0.29, 0.717) is 27.9 Å². The molecular formula is C16H16BrClN2O3. The minimum Gasteiger partial charge on any atom is -0.495 e. The fourth-order valence-corrected chi connectivity index (χ4v) is 2.55. The molecule has 0 aliphatic rings. The van der Waals surface area contributed by atoms with Gasteiger partial charge in [-0.1, -0.05) is 23.7 Å². The number of halogens is 2. The van der Waals surface area contributed by atoms with Crippen LogP contribution in [0.5, 0.6) is 11.5 Å². The fraction of sp³-hybridized carbons (Fsp3) is 0.188. The van der Waals surface area contributed by atoms with Crippen LogP contribution >= 0.6 is 27.5 Å². The molecule has 23 heavy (non-hydrogen) atoms. The van der Waals surface area contributed by atoms with Gasteiger partial charge in [-0.25, -0.2) is 0 Å². The van der Waals surface area contributed by atoms with Gasteiger partial charge in [-0.05, 0) is 28.1 Å². The molecule has 122 valence electrons. The van der Waals surface area contributed by atoms with Crippen molar-refractivity contribution in [1.82, 2.24) is 0 Å². The summed E-state index contributed by atoms with van der Waals surface area (Å²) in [6.45, 7) is 0.0719. The highest BCUT2D eigenvalue weighted by Gasteiger charge is 2.11. The lowest BCUT2D eigenvalue weighted by molar-refractivity contribution is -0.114. The molecule has 0 saturated carbocycles. The van der Waals surface area contributed by atoms with E-state index in [1.807, 2.05) is 24.3 Å². The van der Waals surface area contributed by atoms with Gasteiger partial charge in [-0.3, -0.25) is 4.79 Å². The number of ether oxygens (including phenoxy) is 2. The Morgan fingerprint density at radius 3 is 2.48 bits per heavy atom. The number of carbonyl (C=O) groups excluding carboxylic acids is 1. The molecule has 7 heteroatoms. The number of carbonyl (C=O) groups is 1. The Labute approximate surface area is 148 Å². The quantitative estimate of drug-likeness (QED) is 0.765. The van der Waals surface area contributed by atoms with Gasteiger partial charge in [0.15, 0.2) is 0 Å². The lowest BCUT2D eigenvalue weighted by Crippen LogP contribution is -2.22. The van der Waals surface area contributed by atoms with Gasteiger partial charge < -0.3 is 20.1 Å². The third kappa shape index (κ3) is 4.53. The second-order valence-corrected chi connectivity index (χ2v) is 5.83. The Kier molecular flexibility index (Phi) is 6.12. The molecule has 0 bridgehead atoms. The number of nitrogens with one attached hydrogen (secondary N) is 2. The summed E-state index contributed by atoms with van der Waals surface area (Å²) in [5.41, 5.74) is 1.33. The number of amides is 1. The molecule has 2 aromatic rings. The molecule has 0 unspecified atom stereocenters. The van der Waals surface area contributed by atoms with Crippen molar-refractivity contribution in [2.45, 2.75) is 0 Å². The molecule has 0 heterocycles. The molecule has 0 aliphatic carbocycles. The number of rotatable bonds is 6. The molecule has 0 atom stereocenters. The van der Waals surface area contributed by atoms with Crippen LogP contribution in [0.1, 0.15) is 0 Å². The highest BCUT2D eigenvalue weighted by atomic mass is 79.9. The molecule has 2 rings (SSSR count). The van der Waals surface area contributed by atoms with Crippen LogP contribution < -0.4 is 20.1 Å². The minimum atomic E-state index is -0.187. The van der Waals surface area contributed by atoms with Gasteiger partial charge in [0.05, 0.1) is 37.2 Å². The average Bonchev–Trinajstić information content (AvgIpc) is 2.55. The molecular weight excluding hydrogens is 384 g/mol. The summed E-state index contributed by atoms with van der Waals surface area (Å²) >= 11 is 9.43. The van der Waals surface area contributed by atoms with Gasteiger partial charge in [0.2, 0.25) is 5.91 Å². The van der Waals surface area contributed by atoms with Crippen molar-refractivity contribution in [2.24, 2.45) is 0 Å². The second-order valence-electron chi connectivity index (χ2n) is 4.57. The average molecular weight is 400 g/mol. The minimum absolute atomic E-state index is 0.0719. The molecule has 0 aliphatic heterocycles. The molecule has 2 N–H and O–H groups in total. The Bertz CT molecular complexity index is 710. The zero-order valence-electron chi connectivity index (χ0n) is 12.7. The molecule has 0 saturated heterocycles.